The zero-order chi connectivity index (χ0) is 32.6. The molecule has 3 fully saturated rings. The average Bonchev–Trinajstić information content (AvgIpc) is 3.74. The normalized spacial score (nSPS) is 24.8. The number of halogens is 2. The molecule has 14 heteroatoms. The third-order valence-electron chi connectivity index (χ3n) is 9.26. The van der Waals surface area contributed by atoms with Crippen LogP contribution in [0.5, 0.6) is 0 Å². The van der Waals surface area contributed by atoms with Gasteiger partial charge in [-0.3, -0.25) is 14.4 Å². The summed E-state index contributed by atoms with van der Waals surface area (Å²) >= 11 is 6.44. The number of likely N-dealkylation sites (tertiary alicyclic amines) is 1. The molecule has 0 bridgehead atoms. The number of amides is 2. The predicted molar refractivity (Wildman–Crippen MR) is 168 cm³/mol. The highest BCUT2D eigenvalue weighted by molar-refractivity contribution is 7.89. The quantitative estimate of drug-likeness (QED) is 0.332. The summed E-state index contributed by atoms with van der Waals surface area (Å²) in [7, 11) is -3.43. The lowest BCUT2D eigenvalue weighted by Gasteiger charge is -2.30. The molecule has 2 amide bonds. The second-order valence-electron chi connectivity index (χ2n) is 12.2. The number of rotatable bonds is 9. The molecule has 0 radical (unpaired) electrons. The SMILES string of the molecule is O=C(Nc1cc(F)c(CC(=O)N2C[C@@H](N3CCCS3(=O)=O)C[C@H]2COC2CCC(C(=O)O)CC2)cc1Cl)c1coc2ccccc12. The summed E-state index contributed by atoms with van der Waals surface area (Å²) < 4.78 is 53.8. The number of hydrogen-bond acceptors (Lipinski definition) is 7. The molecule has 2 N–H and O–H groups in total. The summed E-state index contributed by atoms with van der Waals surface area (Å²) in [5.41, 5.74) is 0.860. The lowest BCUT2D eigenvalue weighted by atomic mass is 9.87. The summed E-state index contributed by atoms with van der Waals surface area (Å²) in [6.07, 6.45) is 3.93. The first-order chi connectivity index (χ1) is 22.0. The second kappa shape index (κ2) is 13.3. The number of fused-ring (bicyclic) bond motifs is 1. The van der Waals surface area contributed by atoms with Crippen molar-refractivity contribution in [3.8, 4) is 0 Å². The number of carboxylic acid groups (broad SMARTS) is 1. The highest BCUT2D eigenvalue weighted by Gasteiger charge is 2.44. The zero-order valence-electron chi connectivity index (χ0n) is 25.0. The number of para-hydroxylation sites is 1. The maximum absolute atomic E-state index is 15.4. The molecule has 6 rings (SSSR count). The molecule has 2 aromatic carbocycles. The Hall–Kier alpha value is -3.52. The van der Waals surface area contributed by atoms with Crippen LogP contribution in [0.15, 0.2) is 47.1 Å². The topological polar surface area (TPSA) is 146 Å². The highest BCUT2D eigenvalue weighted by atomic mass is 35.5. The highest BCUT2D eigenvalue weighted by Crippen LogP contribution is 2.33. The molecular weight excluding hydrogens is 641 g/mol. The van der Waals surface area contributed by atoms with Gasteiger partial charge in [0.25, 0.3) is 5.91 Å². The van der Waals surface area contributed by atoms with E-state index in [2.05, 4.69) is 5.32 Å². The van der Waals surface area contributed by atoms with Crippen molar-refractivity contribution in [2.45, 2.75) is 63.1 Å². The number of sulfonamides is 1. The van der Waals surface area contributed by atoms with Gasteiger partial charge >= 0.3 is 5.97 Å². The Morgan fingerprint density at radius 2 is 1.89 bits per heavy atom. The van der Waals surface area contributed by atoms with E-state index >= 15 is 4.39 Å². The minimum absolute atomic E-state index is 0.0330. The third-order valence-corrected chi connectivity index (χ3v) is 11.6. The van der Waals surface area contributed by atoms with E-state index < -0.39 is 45.7 Å². The van der Waals surface area contributed by atoms with Gasteiger partial charge in [0.05, 0.1) is 53.1 Å². The Bertz CT molecular complexity index is 1760. The van der Waals surface area contributed by atoms with Gasteiger partial charge in [0.2, 0.25) is 15.9 Å². The van der Waals surface area contributed by atoms with Crippen molar-refractivity contribution in [2.75, 3.05) is 30.8 Å². The number of furan rings is 1. The van der Waals surface area contributed by atoms with Crippen LogP contribution in [0.2, 0.25) is 5.02 Å². The van der Waals surface area contributed by atoms with Crippen molar-refractivity contribution in [1.29, 1.82) is 0 Å². The van der Waals surface area contributed by atoms with Crippen LogP contribution in [-0.4, -0.2) is 84.2 Å². The van der Waals surface area contributed by atoms with Crippen molar-refractivity contribution in [1.82, 2.24) is 9.21 Å². The lowest BCUT2D eigenvalue weighted by molar-refractivity contribution is -0.144. The molecule has 3 aromatic rings. The van der Waals surface area contributed by atoms with Crippen LogP contribution in [0.25, 0.3) is 11.0 Å². The third kappa shape index (κ3) is 6.78. The van der Waals surface area contributed by atoms with E-state index in [0.29, 0.717) is 56.0 Å². The molecule has 2 aliphatic heterocycles. The largest absolute Gasteiger partial charge is 0.481 e. The first-order valence-electron chi connectivity index (χ1n) is 15.4. The molecule has 0 spiro atoms. The molecule has 0 unspecified atom stereocenters. The van der Waals surface area contributed by atoms with Crippen molar-refractivity contribution in [3.05, 3.63) is 64.6 Å². The van der Waals surface area contributed by atoms with Crippen LogP contribution >= 0.6 is 11.6 Å². The minimum atomic E-state index is -3.43. The van der Waals surface area contributed by atoms with Crippen molar-refractivity contribution in [3.63, 3.8) is 0 Å². The van der Waals surface area contributed by atoms with Gasteiger partial charge in [-0.15, -0.1) is 0 Å². The van der Waals surface area contributed by atoms with Gasteiger partial charge in [0, 0.05) is 24.5 Å². The van der Waals surface area contributed by atoms with E-state index in [1.54, 1.807) is 29.2 Å². The van der Waals surface area contributed by atoms with Gasteiger partial charge < -0.3 is 24.5 Å². The van der Waals surface area contributed by atoms with Gasteiger partial charge in [0.15, 0.2) is 0 Å². The number of hydrogen-bond donors (Lipinski definition) is 2. The number of aliphatic carboxylic acids is 1. The number of carboxylic acids is 1. The van der Waals surface area contributed by atoms with Gasteiger partial charge in [0.1, 0.15) is 17.7 Å². The lowest BCUT2D eigenvalue weighted by Crippen LogP contribution is -2.42. The molecule has 3 heterocycles. The van der Waals surface area contributed by atoms with Crippen LogP contribution < -0.4 is 5.32 Å². The Morgan fingerprint density at radius 1 is 1.13 bits per heavy atom. The number of anilines is 1. The molecule has 11 nitrogen and oxygen atoms in total. The van der Waals surface area contributed by atoms with Crippen LogP contribution in [0.1, 0.15) is 54.4 Å². The van der Waals surface area contributed by atoms with E-state index in [0.717, 1.165) is 6.07 Å². The van der Waals surface area contributed by atoms with E-state index in [9.17, 15) is 27.9 Å². The standard InChI is InChI=1S/C32H35ClFN3O8S/c33-26-12-20(27(34)15-28(26)35-31(39)25-18-45-29-5-2-1-4-24(25)29)13-30(38)36-16-21(37-10-3-11-46(37,42)43)14-22(36)17-44-23-8-6-19(7-9-23)32(40)41/h1-2,4-5,12,15,18-19,21-23H,3,6-11,13-14,16-17H2,(H,35,39)(H,40,41)/t19?,21-,22-,23?/m0/s1. The molecule has 246 valence electrons. The smallest absolute Gasteiger partial charge is 0.306 e. The monoisotopic (exact) mass is 675 g/mol. The Morgan fingerprint density at radius 3 is 2.61 bits per heavy atom. The fraction of sp³-hybridized carbons (Fsp3) is 0.469. The number of nitrogens with zero attached hydrogens (tertiary/aromatic N) is 2. The van der Waals surface area contributed by atoms with Gasteiger partial charge in [-0.25, -0.2) is 12.8 Å². The van der Waals surface area contributed by atoms with Gasteiger partial charge in [-0.2, -0.15) is 4.31 Å². The molecule has 3 aliphatic rings. The molecule has 2 atom stereocenters. The average molecular weight is 676 g/mol. The predicted octanol–water partition coefficient (Wildman–Crippen LogP) is 4.69. The van der Waals surface area contributed by atoms with Crippen molar-refractivity contribution in [2.24, 2.45) is 5.92 Å². The number of benzene rings is 2. The summed E-state index contributed by atoms with van der Waals surface area (Å²) in [4.78, 5) is 39.5. The van der Waals surface area contributed by atoms with E-state index in [-0.39, 0.29) is 59.2 Å². The Kier molecular flexibility index (Phi) is 9.38. The molecule has 1 aromatic heterocycles. The first-order valence-corrected chi connectivity index (χ1v) is 17.4. The number of carbonyl (C=O) groups excluding carboxylic acids is 2. The Balaban J connectivity index is 1.14. The number of ether oxygens (including phenoxy) is 1. The summed E-state index contributed by atoms with van der Waals surface area (Å²) in [6.45, 7) is 0.698. The maximum atomic E-state index is 15.4. The maximum Gasteiger partial charge on any atom is 0.306 e. The summed E-state index contributed by atoms with van der Waals surface area (Å²) in [5, 5.41) is 12.5. The fourth-order valence-electron chi connectivity index (χ4n) is 6.78. The summed E-state index contributed by atoms with van der Waals surface area (Å²) in [6, 6.07) is 8.52. The van der Waals surface area contributed by atoms with E-state index in [1.165, 1.54) is 16.6 Å². The molecule has 46 heavy (non-hydrogen) atoms. The first kappa shape index (κ1) is 32.4. The fourth-order valence-corrected chi connectivity index (χ4v) is 8.76. The second-order valence-corrected chi connectivity index (χ2v) is 14.7. The van der Waals surface area contributed by atoms with E-state index in [4.69, 9.17) is 20.8 Å². The van der Waals surface area contributed by atoms with Crippen LogP contribution in [-0.2, 0) is 30.8 Å². The van der Waals surface area contributed by atoms with Crippen LogP contribution in [0, 0.1) is 11.7 Å². The number of nitrogens with one attached hydrogen (secondary N) is 1. The van der Waals surface area contributed by atoms with E-state index in [1.807, 2.05) is 0 Å². The summed E-state index contributed by atoms with van der Waals surface area (Å²) in [5.74, 6) is -2.80. The van der Waals surface area contributed by atoms with Gasteiger partial charge in [-0.1, -0.05) is 29.8 Å². The molecule has 1 saturated carbocycles. The molecular formula is C32H35ClFN3O8S. The van der Waals surface area contributed by atoms with Crippen LogP contribution in [0.4, 0.5) is 10.1 Å². The van der Waals surface area contributed by atoms with Crippen LogP contribution in [0.3, 0.4) is 0 Å². The number of carbonyl (C=O) groups is 3. The molecule has 1 aliphatic carbocycles. The van der Waals surface area contributed by atoms with Crippen molar-refractivity contribution < 1.29 is 41.5 Å². The van der Waals surface area contributed by atoms with Gasteiger partial charge in [-0.05, 0) is 62.3 Å². The minimum Gasteiger partial charge on any atom is -0.481 e. The zero-order valence-corrected chi connectivity index (χ0v) is 26.6. The Labute approximate surface area is 270 Å². The van der Waals surface area contributed by atoms with Crippen molar-refractivity contribution >= 4 is 56.1 Å². The molecule has 2 saturated heterocycles.